The van der Waals surface area contributed by atoms with E-state index in [-0.39, 0.29) is 17.5 Å². The van der Waals surface area contributed by atoms with E-state index in [4.69, 9.17) is 0 Å². The minimum absolute atomic E-state index is 0.0138. The van der Waals surface area contributed by atoms with Gasteiger partial charge in [-0.2, -0.15) is 0 Å². The summed E-state index contributed by atoms with van der Waals surface area (Å²) in [6.07, 6.45) is 0.440. The first-order valence-corrected chi connectivity index (χ1v) is 7.69. The van der Waals surface area contributed by atoms with Crippen LogP contribution in [0, 0.1) is 5.82 Å². The number of carbonyl (C=O) groups excluding carboxylic acids is 1. The molecular weight excluding hydrogens is 271 g/mol. The Hall–Kier alpha value is -1.63. The van der Waals surface area contributed by atoms with Crippen LogP contribution in [0.15, 0.2) is 24.3 Å². The normalized spacial score (nSPS) is 21.1. The molecule has 1 saturated heterocycles. The zero-order valence-corrected chi connectivity index (χ0v) is 11.3. The van der Waals surface area contributed by atoms with Gasteiger partial charge < -0.3 is 10.2 Å². The number of carbonyl (C=O) groups is 1. The van der Waals surface area contributed by atoms with E-state index < -0.39 is 21.7 Å². The SMILES string of the molecule is CN(C(=O)Nc1cccc(F)c1)C1CCS(=O)(=O)C1. The summed E-state index contributed by atoms with van der Waals surface area (Å²) in [6, 6.07) is 4.79. The van der Waals surface area contributed by atoms with Gasteiger partial charge in [-0.05, 0) is 24.6 Å². The fraction of sp³-hybridized carbons (Fsp3) is 0.417. The molecule has 5 nitrogen and oxygen atoms in total. The van der Waals surface area contributed by atoms with E-state index in [1.165, 1.54) is 23.1 Å². The average Bonchev–Trinajstić information content (AvgIpc) is 2.68. The Morgan fingerprint density at radius 2 is 2.21 bits per heavy atom. The molecule has 1 heterocycles. The summed E-state index contributed by atoms with van der Waals surface area (Å²) < 4.78 is 35.7. The maximum absolute atomic E-state index is 13.0. The Labute approximate surface area is 111 Å². The number of nitrogens with zero attached hydrogens (tertiary/aromatic N) is 1. The van der Waals surface area contributed by atoms with E-state index in [0.29, 0.717) is 12.1 Å². The quantitative estimate of drug-likeness (QED) is 0.895. The molecule has 1 aromatic carbocycles. The van der Waals surface area contributed by atoms with Gasteiger partial charge in [0.05, 0.1) is 11.5 Å². The fourth-order valence-corrected chi connectivity index (χ4v) is 3.80. The van der Waals surface area contributed by atoms with Crippen molar-refractivity contribution in [1.29, 1.82) is 0 Å². The molecular formula is C12H15FN2O3S. The highest BCUT2D eigenvalue weighted by Gasteiger charge is 2.32. The number of urea groups is 1. The molecule has 0 aliphatic carbocycles. The number of nitrogens with one attached hydrogen (secondary N) is 1. The topological polar surface area (TPSA) is 66.5 Å². The van der Waals surface area contributed by atoms with E-state index in [1.54, 1.807) is 13.1 Å². The highest BCUT2D eigenvalue weighted by atomic mass is 32.2. The zero-order valence-electron chi connectivity index (χ0n) is 10.5. The second-order valence-corrected chi connectivity index (χ2v) is 6.84. The predicted octanol–water partition coefficient (Wildman–Crippen LogP) is 1.48. The monoisotopic (exact) mass is 286 g/mol. The minimum atomic E-state index is -3.04. The van der Waals surface area contributed by atoms with Gasteiger partial charge in [0.15, 0.2) is 9.84 Å². The molecule has 0 spiro atoms. The Balaban J connectivity index is 2.00. The number of rotatable bonds is 2. The van der Waals surface area contributed by atoms with Gasteiger partial charge >= 0.3 is 6.03 Å². The van der Waals surface area contributed by atoms with Crippen LogP contribution in [0.5, 0.6) is 0 Å². The molecule has 2 rings (SSSR count). The third kappa shape index (κ3) is 3.44. The Kier molecular flexibility index (Phi) is 3.75. The maximum Gasteiger partial charge on any atom is 0.321 e. The number of hydrogen-bond donors (Lipinski definition) is 1. The number of anilines is 1. The smallest absolute Gasteiger partial charge is 0.321 e. The standard InChI is InChI=1S/C12H15FN2O3S/c1-15(11-5-6-19(17,18)8-11)12(16)14-10-4-2-3-9(13)7-10/h2-4,7,11H,5-6,8H2,1H3,(H,14,16). The Bertz CT molecular complexity index is 588. The number of amides is 2. The summed E-state index contributed by atoms with van der Waals surface area (Å²) in [5, 5.41) is 2.54. The summed E-state index contributed by atoms with van der Waals surface area (Å²) in [4.78, 5) is 13.3. The summed E-state index contributed by atoms with van der Waals surface area (Å²) in [7, 11) is -1.49. The first kappa shape index (κ1) is 13.8. The minimum Gasteiger partial charge on any atom is -0.324 e. The molecule has 0 aromatic heterocycles. The molecule has 0 radical (unpaired) electrons. The first-order valence-electron chi connectivity index (χ1n) is 5.87. The van der Waals surface area contributed by atoms with Gasteiger partial charge in [0.2, 0.25) is 0 Å². The van der Waals surface area contributed by atoms with Crippen molar-refractivity contribution in [2.75, 3.05) is 23.9 Å². The molecule has 1 N–H and O–H groups in total. The van der Waals surface area contributed by atoms with Gasteiger partial charge in [0, 0.05) is 18.8 Å². The van der Waals surface area contributed by atoms with Crippen LogP contribution in [0.1, 0.15) is 6.42 Å². The van der Waals surface area contributed by atoms with Crippen LogP contribution in [-0.4, -0.2) is 43.9 Å². The lowest BCUT2D eigenvalue weighted by Gasteiger charge is -2.23. The van der Waals surface area contributed by atoms with Gasteiger partial charge in [0.1, 0.15) is 5.82 Å². The van der Waals surface area contributed by atoms with E-state index in [1.807, 2.05) is 0 Å². The number of benzene rings is 1. The van der Waals surface area contributed by atoms with Crippen LogP contribution in [0.4, 0.5) is 14.9 Å². The van der Waals surface area contributed by atoms with E-state index in [9.17, 15) is 17.6 Å². The Morgan fingerprint density at radius 3 is 2.79 bits per heavy atom. The number of hydrogen-bond acceptors (Lipinski definition) is 3. The Morgan fingerprint density at radius 1 is 1.47 bits per heavy atom. The van der Waals surface area contributed by atoms with Crippen LogP contribution in [0.3, 0.4) is 0 Å². The molecule has 0 bridgehead atoms. The highest BCUT2D eigenvalue weighted by Crippen LogP contribution is 2.18. The molecule has 1 aromatic rings. The van der Waals surface area contributed by atoms with Gasteiger partial charge in [-0.15, -0.1) is 0 Å². The third-order valence-electron chi connectivity index (χ3n) is 3.15. The molecule has 1 unspecified atom stereocenters. The molecule has 104 valence electrons. The van der Waals surface area contributed by atoms with Crippen molar-refractivity contribution in [1.82, 2.24) is 4.90 Å². The highest BCUT2D eigenvalue weighted by molar-refractivity contribution is 7.91. The van der Waals surface area contributed by atoms with Crippen molar-refractivity contribution >= 4 is 21.6 Å². The van der Waals surface area contributed by atoms with Crippen molar-refractivity contribution < 1.29 is 17.6 Å². The summed E-state index contributed by atoms with van der Waals surface area (Å²) >= 11 is 0. The number of sulfone groups is 1. The van der Waals surface area contributed by atoms with Crippen LogP contribution >= 0.6 is 0 Å². The second kappa shape index (κ2) is 5.16. The summed E-state index contributed by atoms with van der Waals surface area (Å²) in [5.41, 5.74) is 0.345. The molecule has 2 amide bonds. The molecule has 0 saturated carbocycles. The van der Waals surface area contributed by atoms with E-state index >= 15 is 0 Å². The van der Waals surface area contributed by atoms with Crippen molar-refractivity contribution in [3.63, 3.8) is 0 Å². The molecule has 7 heteroatoms. The molecule has 1 atom stereocenters. The molecule has 1 aliphatic heterocycles. The fourth-order valence-electron chi connectivity index (χ4n) is 2.02. The number of halogens is 1. The lowest BCUT2D eigenvalue weighted by molar-refractivity contribution is 0.209. The van der Waals surface area contributed by atoms with E-state index in [2.05, 4.69) is 5.32 Å². The van der Waals surface area contributed by atoms with Crippen LogP contribution in [0.2, 0.25) is 0 Å². The molecule has 19 heavy (non-hydrogen) atoms. The summed E-state index contributed by atoms with van der Waals surface area (Å²) in [5.74, 6) is -0.348. The van der Waals surface area contributed by atoms with E-state index in [0.717, 1.165) is 0 Å². The predicted molar refractivity (Wildman–Crippen MR) is 70.2 cm³/mol. The van der Waals surface area contributed by atoms with Crippen LogP contribution < -0.4 is 5.32 Å². The van der Waals surface area contributed by atoms with Crippen molar-refractivity contribution in [3.05, 3.63) is 30.1 Å². The maximum atomic E-state index is 13.0. The first-order chi connectivity index (χ1) is 8.87. The van der Waals surface area contributed by atoms with Gasteiger partial charge in [-0.3, -0.25) is 0 Å². The average molecular weight is 286 g/mol. The lowest BCUT2D eigenvalue weighted by Crippen LogP contribution is -2.40. The van der Waals surface area contributed by atoms with Crippen molar-refractivity contribution in [3.8, 4) is 0 Å². The third-order valence-corrected chi connectivity index (χ3v) is 4.90. The van der Waals surface area contributed by atoms with Crippen LogP contribution in [-0.2, 0) is 9.84 Å². The van der Waals surface area contributed by atoms with Gasteiger partial charge in [-0.25, -0.2) is 17.6 Å². The molecule has 1 aliphatic rings. The largest absolute Gasteiger partial charge is 0.324 e. The molecule has 1 fully saturated rings. The lowest BCUT2D eigenvalue weighted by atomic mass is 10.2. The van der Waals surface area contributed by atoms with Crippen molar-refractivity contribution in [2.45, 2.75) is 12.5 Å². The summed E-state index contributed by atoms with van der Waals surface area (Å²) in [6.45, 7) is 0. The van der Waals surface area contributed by atoms with Crippen molar-refractivity contribution in [2.24, 2.45) is 0 Å². The zero-order chi connectivity index (χ0) is 14.0. The van der Waals surface area contributed by atoms with Crippen LogP contribution in [0.25, 0.3) is 0 Å². The second-order valence-electron chi connectivity index (χ2n) is 4.61. The van der Waals surface area contributed by atoms with Gasteiger partial charge in [-0.1, -0.05) is 6.07 Å². The van der Waals surface area contributed by atoms with Gasteiger partial charge in [0.25, 0.3) is 0 Å².